The number of imidazole rings is 1. The van der Waals surface area contributed by atoms with Crippen molar-refractivity contribution in [2.75, 3.05) is 5.32 Å². The van der Waals surface area contributed by atoms with Crippen molar-refractivity contribution in [3.8, 4) is 5.69 Å². The summed E-state index contributed by atoms with van der Waals surface area (Å²) in [5.74, 6) is -0.155. The van der Waals surface area contributed by atoms with E-state index >= 15 is 0 Å². The van der Waals surface area contributed by atoms with Gasteiger partial charge in [-0.1, -0.05) is 0 Å². The SMILES string of the molecule is Cc1nn(C)cc1C(=O)Nc1ccc(-n2cnc(C)c2C)cc1. The molecule has 0 aliphatic heterocycles. The molecule has 1 amide bonds. The second-order valence-corrected chi connectivity index (χ2v) is 5.59. The molecule has 23 heavy (non-hydrogen) atoms. The van der Waals surface area contributed by atoms with Gasteiger partial charge in [0.05, 0.1) is 23.3 Å². The molecule has 0 saturated carbocycles. The minimum atomic E-state index is -0.155. The van der Waals surface area contributed by atoms with E-state index in [9.17, 15) is 4.79 Å². The zero-order valence-corrected chi connectivity index (χ0v) is 13.7. The van der Waals surface area contributed by atoms with Crippen molar-refractivity contribution in [1.29, 1.82) is 0 Å². The van der Waals surface area contributed by atoms with Crippen LogP contribution in [0.1, 0.15) is 27.4 Å². The lowest BCUT2D eigenvalue weighted by molar-refractivity contribution is 0.102. The van der Waals surface area contributed by atoms with E-state index in [2.05, 4.69) is 15.4 Å². The Morgan fingerprint density at radius 3 is 2.30 bits per heavy atom. The molecule has 0 radical (unpaired) electrons. The first-order valence-corrected chi connectivity index (χ1v) is 7.38. The molecule has 0 aliphatic rings. The highest BCUT2D eigenvalue weighted by Gasteiger charge is 2.12. The highest BCUT2D eigenvalue weighted by molar-refractivity contribution is 6.04. The standard InChI is InChI=1S/C17H19N5O/c1-11-13(3)22(10-18-11)15-7-5-14(6-8-15)19-17(23)16-9-21(4)20-12(16)2/h5-10H,1-4H3,(H,19,23). The lowest BCUT2D eigenvalue weighted by atomic mass is 10.2. The molecule has 0 saturated heterocycles. The fraction of sp³-hybridized carbons (Fsp3) is 0.235. The van der Waals surface area contributed by atoms with E-state index in [-0.39, 0.29) is 5.91 Å². The molecular weight excluding hydrogens is 290 g/mol. The van der Waals surface area contributed by atoms with Crippen LogP contribution < -0.4 is 5.32 Å². The summed E-state index contributed by atoms with van der Waals surface area (Å²) in [6, 6.07) is 7.68. The second-order valence-electron chi connectivity index (χ2n) is 5.59. The number of nitrogens with zero attached hydrogens (tertiary/aromatic N) is 4. The largest absolute Gasteiger partial charge is 0.322 e. The summed E-state index contributed by atoms with van der Waals surface area (Å²) in [7, 11) is 1.80. The van der Waals surface area contributed by atoms with Crippen LogP contribution in [-0.4, -0.2) is 25.2 Å². The van der Waals surface area contributed by atoms with Gasteiger partial charge in [0.15, 0.2) is 0 Å². The van der Waals surface area contributed by atoms with Crippen LogP contribution in [0.5, 0.6) is 0 Å². The van der Waals surface area contributed by atoms with Gasteiger partial charge in [0.1, 0.15) is 0 Å². The van der Waals surface area contributed by atoms with Crippen LogP contribution in [0.2, 0.25) is 0 Å². The average molecular weight is 309 g/mol. The third-order valence-corrected chi connectivity index (χ3v) is 3.91. The maximum Gasteiger partial charge on any atom is 0.259 e. The molecule has 0 fully saturated rings. The summed E-state index contributed by atoms with van der Waals surface area (Å²) in [6.07, 6.45) is 3.52. The quantitative estimate of drug-likeness (QED) is 0.809. The number of hydrogen-bond donors (Lipinski definition) is 1. The van der Waals surface area contributed by atoms with Gasteiger partial charge in [-0.25, -0.2) is 4.98 Å². The van der Waals surface area contributed by atoms with Crippen LogP contribution >= 0.6 is 0 Å². The summed E-state index contributed by atoms with van der Waals surface area (Å²) < 4.78 is 3.66. The number of aryl methyl sites for hydroxylation is 3. The number of benzene rings is 1. The normalized spacial score (nSPS) is 10.8. The maximum atomic E-state index is 12.3. The zero-order chi connectivity index (χ0) is 16.6. The van der Waals surface area contributed by atoms with Crippen molar-refractivity contribution in [2.24, 2.45) is 7.05 Å². The number of aromatic nitrogens is 4. The molecule has 2 aromatic heterocycles. The lowest BCUT2D eigenvalue weighted by Gasteiger charge is -2.08. The van der Waals surface area contributed by atoms with Crippen molar-refractivity contribution >= 4 is 11.6 Å². The van der Waals surface area contributed by atoms with Crippen LogP contribution in [-0.2, 0) is 7.05 Å². The number of amides is 1. The number of carbonyl (C=O) groups is 1. The average Bonchev–Trinajstić information content (AvgIpc) is 3.03. The summed E-state index contributed by atoms with van der Waals surface area (Å²) in [4.78, 5) is 16.6. The topological polar surface area (TPSA) is 64.7 Å². The minimum Gasteiger partial charge on any atom is -0.322 e. The Balaban J connectivity index is 1.79. The molecule has 0 bridgehead atoms. The van der Waals surface area contributed by atoms with Crippen LogP contribution in [0.3, 0.4) is 0 Å². The van der Waals surface area contributed by atoms with Crippen LogP contribution in [0.25, 0.3) is 5.69 Å². The van der Waals surface area contributed by atoms with Gasteiger partial charge >= 0.3 is 0 Å². The predicted octanol–water partition coefficient (Wildman–Crippen LogP) is 2.78. The Kier molecular flexibility index (Phi) is 3.73. The van der Waals surface area contributed by atoms with Crippen molar-refractivity contribution in [3.05, 3.63) is 59.4 Å². The highest BCUT2D eigenvalue weighted by atomic mass is 16.1. The molecule has 6 nitrogen and oxygen atoms in total. The number of hydrogen-bond acceptors (Lipinski definition) is 3. The Labute approximate surface area is 134 Å². The van der Waals surface area contributed by atoms with Crippen molar-refractivity contribution in [3.63, 3.8) is 0 Å². The monoisotopic (exact) mass is 309 g/mol. The Morgan fingerprint density at radius 2 is 1.78 bits per heavy atom. The van der Waals surface area contributed by atoms with Crippen LogP contribution in [0.4, 0.5) is 5.69 Å². The van der Waals surface area contributed by atoms with Gasteiger partial charge in [-0.15, -0.1) is 0 Å². The van der Waals surface area contributed by atoms with Gasteiger partial charge in [-0.05, 0) is 45.0 Å². The molecule has 1 aromatic carbocycles. The van der Waals surface area contributed by atoms with E-state index < -0.39 is 0 Å². The van der Waals surface area contributed by atoms with E-state index in [1.807, 2.05) is 49.6 Å². The Morgan fingerprint density at radius 1 is 1.09 bits per heavy atom. The molecule has 3 rings (SSSR count). The molecule has 6 heteroatoms. The fourth-order valence-corrected chi connectivity index (χ4v) is 2.49. The van der Waals surface area contributed by atoms with Crippen molar-refractivity contribution < 1.29 is 4.79 Å². The third-order valence-electron chi connectivity index (χ3n) is 3.91. The van der Waals surface area contributed by atoms with E-state index in [0.29, 0.717) is 11.3 Å². The van der Waals surface area contributed by atoms with Gasteiger partial charge in [0.2, 0.25) is 0 Å². The summed E-state index contributed by atoms with van der Waals surface area (Å²) in [5.41, 5.74) is 5.17. The summed E-state index contributed by atoms with van der Waals surface area (Å²) in [5, 5.41) is 7.08. The summed E-state index contributed by atoms with van der Waals surface area (Å²) >= 11 is 0. The van der Waals surface area contributed by atoms with Gasteiger partial charge < -0.3 is 9.88 Å². The van der Waals surface area contributed by atoms with E-state index in [1.54, 1.807) is 24.3 Å². The van der Waals surface area contributed by atoms with Crippen LogP contribution in [0.15, 0.2) is 36.8 Å². The number of nitrogens with one attached hydrogen (secondary N) is 1. The van der Waals surface area contributed by atoms with E-state index in [4.69, 9.17) is 0 Å². The first kappa shape index (κ1) is 15.0. The number of anilines is 1. The first-order valence-electron chi connectivity index (χ1n) is 7.38. The molecule has 0 unspecified atom stereocenters. The minimum absolute atomic E-state index is 0.155. The highest BCUT2D eigenvalue weighted by Crippen LogP contribution is 2.17. The molecule has 3 aromatic rings. The second kappa shape index (κ2) is 5.72. The summed E-state index contributed by atoms with van der Waals surface area (Å²) in [6.45, 7) is 5.84. The van der Waals surface area contributed by atoms with Gasteiger partial charge in [-0.3, -0.25) is 9.48 Å². The van der Waals surface area contributed by atoms with Crippen LogP contribution in [0, 0.1) is 20.8 Å². The number of carbonyl (C=O) groups excluding carboxylic acids is 1. The van der Waals surface area contributed by atoms with Crippen molar-refractivity contribution in [1.82, 2.24) is 19.3 Å². The van der Waals surface area contributed by atoms with Gasteiger partial charge in [0, 0.05) is 30.3 Å². The van der Waals surface area contributed by atoms with E-state index in [0.717, 1.165) is 22.8 Å². The predicted molar refractivity (Wildman–Crippen MR) is 88.9 cm³/mol. The molecule has 1 N–H and O–H groups in total. The van der Waals surface area contributed by atoms with Gasteiger partial charge in [-0.2, -0.15) is 5.10 Å². The first-order chi connectivity index (χ1) is 11.0. The molecule has 0 aliphatic carbocycles. The molecule has 2 heterocycles. The van der Waals surface area contributed by atoms with Crippen molar-refractivity contribution in [2.45, 2.75) is 20.8 Å². The molecule has 0 atom stereocenters. The molecule has 0 spiro atoms. The van der Waals surface area contributed by atoms with Gasteiger partial charge in [0.25, 0.3) is 5.91 Å². The zero-order valence-electron chi connectivity index (χ0n) is 13.7. The molecule has 118 valence electrons. The Bertz CT molecular complexity index is 858. The maximum absolute atomic E-state index is 12.3. The molecular formula is C17H19N5O. The third kappa shape index (κ3) is 2.88. The Hall–Kier alpha value is -2.89. The smallest absolute Gasteiger partial charge is 0.259 e. The number of rotatable bonds is 3. The fourth-order valence-electron chi connectivity index (χ4n) is 2.49. The lowest BCUT2D eigenvalue weighted by Crippen LogP contribution is -2.12. The van der Waals surface area contributed by atoms with E-state index in [1.165, 1.54) is 0 Å².